The van der Waals surface area contributed by atoms with Gasteiger partial charge in [0.1, 0.15) is 5.75 Å². The number of hydrogen-bond acceptors (Lipinski definition) is 6. The van der Waals surface area contributed by atoms with Crippen LogP contribution in [0.15, 0.2) is 47.6 Å². The molecule has 5 rings (SSSR count). The molecule has 6 heteroatoms. The second-order valence-corrected chi connectivity index (χ2v) is 8.12. The van der Waals surface area contributed by atoms with Crippen LogP contribution >= 0.6 is 0 Å². The molecule has 0 aromatic heterocycles. The number of aromatic hydroxyl groups is 1. The van der Waals surface area contributed by atoms with Crippen LogP contribution < -0.4 is 9.47 Å². The van der Waals surface area contributed by atoms with Gasteiger partial charge in [-0.25, -0.2) is 5.01 Å². The van der Waals surface area contributed by atoms with Gasteiger partial charge in [-0.15, -0.1) is 0 Å². The fraction of sp³-hybridized carbons (Fsp3) is 0.435. The number of phenols is 1. The average Bonchev–Trinajstić information content (AvgIpc) is 3.18. The van der Waals surface area contributed by atoms with E-state index in [2.05, 4.69) is 23.0 Å². The van der Waals surface area contributed by atoms with Crippen LogP contribution in [0.5, 0.6) is 17.2 Å². The molecule has 3 aliphatic rings. The first kappa shape index (κ1) is 18.3. The van der Waals surface area contributed by atoms with Crippen molar-refractivity contribution < 1.29 is 14.6 Å². The number of benzene rings is 2. The quantitative estimate of drug-likeness (QED) is 0.861. The van der Waals surface area contributed by atoms with E-state index in [1.54, 1.807) is 12.1 Å². The van der Waals surface area contributed by atoms with Crippen molar-refractivity contribution in [1.29, 1.82) is 0 Å². The number of nitrogens with zero attached hydrogens (tertiary/aromatic N) is 3. The lowest BCUT2D eigenvalue weighted by Crippen LogP contribution is -2.58. The first-order valence-electron chi connectivity index (χ1n) is 10.4. The maximum atomic E-state index is 9.94. The molecule has 3 heterocycles. The van der Waals surface area contributed by atoms with Gasteiger partial charge in [0.15, 0.2) is 11.5 Å². The minimum atomic E-state index is -0.462. The molecule has 0 amide bonds. The third kappa shape index (κ3) is 3.02. The van der Waals surface area contributed by atoms with E-state index in [0.29, 0.717) is 6.61 Å². The zero-order valence-corrected chi connectivity index (χ0v) is 17.0. The number of likely N-dealkylation sites (tertiary alicyclic amines) is 1. The van der Waals surface area contributed by atoms with E-state index in [4.69, 9.17) is 14.6 Å². The van der Waals surface area contributed by atoms with Gasteiger partial charge in [0.05, 0.1) is 18.4 Å². The molecular formula is C23H27N3O3. The molecule has 3 aliphatic heterocycles. The third-order valence-corrected chi connectivity index (χ3v) is 6.24. The van der Waals surface area contributed by atoms with Crippen LogP contribution in [-0.4, -0.2) is 53.2 Å². The average molecular weight is 393 g/mol. The summed E-state index contributed by atoms with van der Waals surface area (Å²) in [6, 6.07) is 13.6. The van der Waals surface area contributed by atoms with Crippen molar-refractivity contribution in [2.45, 2.75) is 38.0 Å². The Morgan fingerprint density at radius 2 is 2.00 bits per heavy atom. The van der Waals surface area contributed by atoms with Crippen molar-refractivity contribution in [3.05, 3.63) is 53.6 Å². The minimum absolute atomic E-state index is 0.111. The van der Waals surface area contributed by atoms with Crippen molar-refractivity contribution >= 4 is 5.71 Å². The molecule has 0 saturated carbocycles. The molecule has 152 valence electrons. The SMILES string of the molecule is CCOc1cccc2c1OC1(CCN(C)CC1)N1N=C(c3cccc(O)c3)C[C@H]21. The van der Waals surface area contributed by atoms with Crippen molar-refractivity contribution in [2.75, 3.05) is 26.7 Å². The van der Waals surface area contributed by atoms with Crippen LogP contribution in [0.2, 0.25) is 0 Å². The van der Waals surface area contributed by atoms with Crippen molar-refractivity contribution in [2.24, 2.45) is 5.10 Å². The van der Waals surface area contributed by atoms with E-state index in [1.165, 1.54) is 0 Å². The Kier molecular flexibility index (Phi) is 4.39. The van der Waals surface area contributed by atoms with E-state index < -0.39 is 5.72 Å². The minimum Gasteiger partial charge on any atom is -0.508 e. The molecule has 0 radical (unpaired) electrons. The molecule has 1 spiro atoms. The van der Waals surface area contributed by atoms with E-state index in [1.807, 2.05) is 31.2 Å². The van der Waals surface area contributed by atoms with Gasteiger partial charge in [0, 0.05) is 43.5 Å². The third-order valence-electron chi connectivity index (χ3n) is 6.24. The summed E-state index contributed by atoms with van der Waals surface area (Å²) >= 11 is 0. The number of phenolic OH excluding ortho intramolecular Hbond substituents is 1. The van der Waals surface area contributed by atoms with Crippen LogP contribution in [0.25, 0.3) is 0 Å². The second-order valence-electron chi connectivity index (χ2n) is 8.12. The van der Waals surface area contributed by atoms with Crippen LogP contribution in [0.1, 0.15) is 43.4 Å². The van der Waals surface area contributed by atoms with Gasteiger partial charge in [0.25, 0.3) is 0 Å². The number of ether oxygens (including phenoxy) is 2. The summed E-state index contributed by atoms with van der Waals surface area (Å²) in [5.41, 5.74) is 2.61. The Balaban J connectivity index is 1.60. The molecule has 2 aromatic rings. The Hall–Kier alpha value is -2.73. The molecule has 1 atom stereocenters. The molecular weight excluding hydrogens is 366 g/mol. The highest BCUT2D eigenvalue weighted by Crippen LogP contribution is 2.52. The highest BCUT2D eigenvalue weighted by atomic mass is 16.6. The van der Waals surface area contributed by atoms with E-state index >= 15 is 0 Å². The van der Waals surface area contributed by atoms with Crippen LogP contribution in [0, 0.1) is 0 Å². The zero-order chi connectivity index (χ0) is 20.0. The Labute approximate surface area is 171 Å². The maximum absolute atomic E-state index is 9.94. The molecule has 29 heavy (non-hydrogen) atoms. The lowest BCUT2D eigenvalue weighted by Gasteiger charge is -2.51. The summed E-state index contributed by atoms with van der Waals surface area (Å²) in [6.45, 7) is 4.53. The fourth-order valence-electron chi connectivity index (χ4n) is 4.70. The highest BCUT2D eigenvalue weighted by molar-refractivity contribution is 6.02. The summed E-state index contributed by atoms with van der Waals surface area (Å²) in [4.78, 5) is 2.34. The van der Waals surface area contributed by atoms with Crippen LogP contribution in [0.3, 0.4) is 0 Å². The number of hydrazone groups is 1. The largest absolute Gasteiger partial charge is 0.508 e. The van der Waals surface area contributed by atoms with Crippen molar-refractivity contribution in [1.82, 2.24) is 9.91 Å². The standard InChI is InChI=1S/C23H27N3O3/c1-3-28-21-9-5-8-18-20-15-19(16-6-4-7-17(27)14-16)24-26(20)23(29-22(18)21)10-12-25(2)13-11-23/h4-9,14,20,27H,3,10-13,15H2,1-2H3/t20-/m1/s1. The van der Waals surface area contributed by atoms with Gasteiger partial charge in [0.2, 0.25) is 5.72 Å². The topological polar surface area (TPSA) is 57.5 Å². The summed E-state index contributed by atoms with van der Waals surface area (Å²) in [5, 5.41) is 17.2. The van der Waals surface area contributed by atoms with Crippen LogP contribution in [0.4, 0.5) is 0 Å². The maximum Gasteiger partial charge on any atom is 0.200 e. The number of fused-ring (bicyclic) bond motifs is 4. The Morgan fingerprint density at radius 3 is 2.76 bits per heavy atom. The molecule has 6 nitrogen and oxygen atoms in total. The van der Waals surface area contributed by atoms with Crippen LogP contribution in [-0.2, 0) is 0 Å². The Bertz CT molecular complexity index is 950. The molecule has 1 saturated heterocycles. The molecule has 1 N–H and O–H groups in total. The Morgan fingerprint density at radius 1 is 1.21 bits per heavy atom. The summed E-state index contributed by atoms with van der Waals surface area (Å²) in [6.07, 6.45) is 2.56. The number of hydrogen-bond donors (Lipinski definition) is 1. The molecule has 0 unspecified atom stereocenters. The van der Waals surface area contributed by atoms with Crippen molar-refractivity contribution in [3.63, 3.8) is 0 Å². The smallest absolute Gasteiger partial charge is 0.200 e. The van der Waals surface area contributed by atoms with E-state index in [-0.39, 0.29) is 11.8 Å². The van der Waals surface area contributed by atoms with Gasteiger partial charge in [-0.3, -0.25) is 0 Å². The second kappa shape index (κ2) is 6.95. The lowest BCUT2D eigenvalue weighted by atomic mass is 9.90. The number of piperidine rings is 1. The molecule has 0 aliphatic carbocycles. The fourth-order valence-corrected chi connectivity index (χ4v) is 4.70. The summed E-state index contributed by atoms with van der Waals surface area (Å²) in [7, 11) is 2.15. The monoisotopic (exact) mass is 393 g/mol. The normalized spacial score (nSPS) is 22.6. The van der Waals surface area contributed by atoms with Gasteiger partial charge >= 0.3 is 0 Å². The van der Waals surface area contributed by atoms with Crippen molar-refractivity contribution in [3.8, 4) is 17.2 Å². The zero-order valence-electron chi connectivity index (χ0n) is 17.0. The number of rotatable bonds is 3. The molecule has 1 fully saturated rings. The van der Waals surface area contributed by atoms with E-state index in [0.717, 1.165) is 60.7 Å². The summed E-state index contributed by atoms with van der Waals surface area (Å²) in [5.74, 6) is 1.95. The molecule has 2 aromatic carbocycles. The predicted octanol–water partition coefficient (Wildman–Crippen LogP) is 3.76. The van der Waals surface area contributed by atoms with E-state index in [9.17, 15) is 5.11 Å². The number of para-hydroxylation sites is 1. The molecule has 0 bridgehead atoms. The van der Waals surface area contributed by atoms with Gasteiger partial charge in [-0.05, 0) is 32.2 Å². The predicted molar refractivity (Wildman–Crippen MR) is 112 cm³/mol. The summed E-state index contributed by atoms with van der Waals surface area (Å²) < 4.78 is 12.6. The highest BCUT2D eigenvalue weighted by Gasteiger charge is 2.52. The van der Waals surface area contributed by atoms with Gasteiger partial charge in [-0.1, -0.05) is 24.3 Å². The lowest BCUT2D eigenvalue weighted by molar-refractivity contribution is -0.148. The van der Waals surface area contributed by atoms with Gasteiger partial charge in [-0.2, -0.15) is 5.10 Å². The first-order valence-corrected chi connectivity index (χ1v) is 10.4. The first-order chi connectivity index (χ1) is 14.1. The van der Waals surface area contributed by atoms with Gasteiger partial charge < -0.3 is 19.5 Å².